The van der Waals surface area contributed by atoms with Gasteiger partial charge in [0.25, 0.3) is 0 Å². The van der Waals surface area contributed by atoms with Gasteiger partial charge in [-0.05, 0) is 73.1 Å². The molecule has 1 aromatic rings. The van der Waals surface area contributed by atoms with Crippen molar-refractivity contribution in [3.63, 3.8) is 0 Å². The fourth-order valence-corrected chi connectivity index (χ4v) is 6.04. The van der Waals surface area contributed by atoms with Gasteiger partial charge in [-0.25, -0.2) is 0 Å². The number of hydrogen-bond donors (Lipinski definition) is 0. The molecule has 2 saturated carbocycles. The summed E-state index contributed by atoms with van der Waals surface area (Å²) in [5.41, 5.74) is 1.09. The molecule has 144 valence electrons. The van der Waals surface area contributed by atoms with Crippen LogP contribution in [0.1, 0.15) is 58.3 Å². The van der Waals surface area contributed by atoms with Crippen molar-refractivity contribution in [3.05, 3.63) is 14.3 Å². The molecular formula is C20H28INO3S. The molecule has 2 heterocycles. The van der Waals surface area contributed by atoms with Gasteiger partial charge in [-0.15, -0.1) is 11.3 Å². The van der Waals surface area contributed by atoms with Crippen molar-refractivity contribution in [3.8, 4) is 0 Å². The van der Waals surface area contributed by atoms with E-state index in [2.05, 4.69) is 45.9 Å². The van der Waals surface area contributed by atoms with Crippen LogP contribution >= 0.6 is 33.9 Å². The standard InChI is InChI=1S/C20H28INO3S/c1-14-2-4-15(5-3-14)19(23)22(17-12-18(21)26-13-17)16-6-8-20(9-7-16)24-10-11-25-20/h12-16H,2-11H2,1H3. The Hall–Kier alpha value is -0.180. The first-order chi connectivity index (χ1) is 12.6. The highest BCUT2D eigenvalue weighted by atomic mass is 127. The Bertz CT molecular complexity index is 625. The van der Waals surface area contributed by atoms with Crippen LogP contribution in [0.15, 0.2) is 11.4 Å². The highest BCUT2D eigenvalue weighted by Crippen LogP contribution is 2.41. The summed E-state index contributed by atoms with van der Waals surface area (Å²) in [5.74, 6) is 0.939. The Balaban J connectivity index is 1.51. The molecule has 1 aliphatic heterocycles. The average Bonchev–Trinajstić information content (AvgIpc) is 3.27. The highest BCUT2D eigenvalue weighted by molar-refractivity contribution is 14.1. The van der Waals surface area contributed by atoms with Crippen LogP contribution < -0.4 is 4.90 Å². The predicted octanol–water partition coefficient (Wildman–Crippen LogP) is 5.20. The van der Waals surface area contributed by atoms with Crippen molar-refractivity contribution in [2.75, 3.05) is 18.1 Å². The topological polar surface area (TPSA) is 38.8 Å². The van der Waals surface area contributed by atoms with Gasteiger partial charge < -0.3 is 14.4 Å². The molecule has 1 amide bonds. The quantitative estimate of drug-likeness (QED) is 0.549. The summed E-state index contributed by atoms with van der Waals surface area (Å²) in [4.78, 5) is 15.6. The summed E-state index contributed by atoms with van der Waals surface area (Å²) >= 11 is 4.08. The second kappa shape index (κ2) is 8.05. The van der Waals surface area contributed by atoms with Gasteiger partial charge >= 0.3 is 0 Å². The normalized spacial score (nSPS) is 29.2. The van der Waals surface area contributed by atoms with Crippen molar-refractivity contribution < 1.29 is 14.3 Å². The summed E-state index contributed by atoms with van der Waals surface area (Å²) in [7, 11) is 0. The van der Waals surface area contributed by atoms with E-state index in [4.69, 9.17) is 9.47 Å². The molecule has 3 aliphatic rings. The van der Waals surface area contributed by atoms with Gasteiger partial charge in [-0.1, -0.05) is 6.92 Å². The number of nitrogens with zero attached hydrogens (tertiary/aromatic N) is 1. The summed E-state index contributed by atoms with van der Waals surface area (Å²) in [6, 6.07) is 2.44. The Morgan fingerprint density at radius 3 is 2.38 bits per heavy atom. The van der Waals surface area contributed by atoms with Crippen molar-refractivity contribution in [1.82, 2.24) is 0 Å². The molecule has 1 spiro atoms. The molecule has 6 heteroatoms. The lowest BCUT2D eigenvalue weighted by Gasteiger charge is -2.41. The molecule has 0 atom stereocenters. The summed E-state index contributed by atoms with van der Waals surface area (Å²) in [6.07, 6.45) is 8.15. The van der Waals surface area contributed by atoms with Crippen LogP contribution in [0.3, 0.4) is 0 Å². The van der Waals surface area contributed by atoms with Crippen molar-refractivity contribution in [2.24, 2.45) is 11.8 Å². The lowest BCUT2D eigenvalue weighted by atomic mass is 9.81. The minimum absolute atomic E-state index is 0.193. The van der Waals surface area contributed by atoms with Gasteiger partial charge in [0.1, 0.15) is 0 Å². The number of hydrogen-bond acceptors (Lipinski definition) is 4. The van der Waals surface area contributed by atoms with E-state index in [-0.39, 0.29) is 17.7 Å². The number of ether oxygens (including phenoxy) is 2. The first-order valence-corrected chi connectivity index (χ1v) is 11.9. The molecule has 0 unspecified atom stereocenters. The van der Waals surface area contributed by atoms with E-state index in [9.17, 15) is 4.79 Å². The number of thiophene rings is 1. The van der Waals surface area contributed by atoms with Gasteiger partial charge in [-0.3, -0.25) is 4.79 Å². The van der Waals surface area contributed by atoms with Crippen molar-refractivity contribution in [1.29, 1.82) is 0 Å². The lowest BCUT2D eigenvalue weighted by molar-refractivity contribution is -0.179. The second-order valence-corrected chi connectivity index (χ2v) is 10.9. The molecule has 0 bridgehead atoms. The molecule has 4 nitrogen and oxygen atoms in total. The lowest BCUT2D eigenvalue weighted by Crippen LogP contribution is -2.49. The highest BCUT2D eigenvalue weighted by Gasteiger charge is 2.43. The Labute approximate surface area is 173 Å². The Morgan fingerprint density at radius 1 is 1.15 bits per heavy atom. The summed E-state index contributed by atoms with van der Waals surface area (Å²) in [5, 5.41) is 2.15. The molecule has 3 fully saturated rings. The van der Waals surface area contributed by atoms with Crippen LogP contribution in [-0.4, -0.2) is 30.9 Å². The minimum Gasteiger partial charge on any atom is -0.348 e. The monoisotopic (exact) mass is 489 g/mol. The van der Waals surface area contributed by atoms with Crippen molar-refractivity contribution in [2.45, 2.75) is 70.1 Å². The summed E-state index contributed by atoms with van der Waals surface area (Å²) in [6.45, 7) is 3.72. The van der Waals surface area contributed by atoms with Gasteiger partial charge in [-0.2, -0.15) is 0 Å². The van der Waals surface area contributed by atoms with Crippen LogP contribution in [0.5, 0.6) is 0 Å². The van der Waals surface area contributed by atoms with E-state index in [1.807, 2.05) is 0 Å². The van der Waals surface area contributed by atoms with Gasteiger partial charge in [0.2, 0.25) is 5.91 Å². The number of halogens is 1. The number of carbonyl (C=O) groups excluding carboxylic acids is 1. The molecule has 0 aromatic carbocycles. The van der Waals surface area contributed by atoms with E-state index < -0.39 is 0 Å². The fourth-order valence-electron chi connectivity index (χ4n) is 4.74. The fraction of sp³-hybridized carbons (Fsp3) is 0.750. The zero-order valence-electron chi connectivity index (χ0n) is 15.4. The first kappa shape index (κ1) is 19.2. The minimum atomic E-state index is -0.367. The van der Waals surface area contributed by atoms with Crippen LogP contribution in [0.25, 0.3) is 0 Å². The number of amides is 1. The average molecular weight is 489 g/mol. The van der Waals surface area contributed by atoms with Gasteiger partial charge in [0.15, 0.2) is 5.79 Å². The third-order valence-electron chi connectivity index (χ3n) is 6.33. The van der Waals surface area contributed by atoms with E-state index >= 15 is 0 Å². The van der Waals surface area contributed by atoms with E-state index in [1.165, 1.54) is 15.7 Å². The van der Waals surface area contributed by atoms with Crippen LogP contribution in [-0.2, 0) is 14.3 Å². The van der Waals surface area contributed by atoms with Crippen molar-refractivity contribution >= 4 is 45.5 Å². The van der Waals surface area contributed by atoms with Crippen LogP contribution in [0.2, 0.25) is 0 Å². The smallest absolute Gasteiger partial charge is 0.230 e. The zero-order valence-corrected chi connectivity index (χ0v) is 18.4. The first-order valence-electron chi connectivity index (χ1n) is 9.91. The molecular weight excluding hydrogens is 461 g/mol. The number of rotatable bonds is 3. The van der Waals surface area contributed by atoms with E-state index in [1.54, 1.807) is 11.3 Å². The second-order valence-electron chi connectivity index (χ2n) is 8.11. The molecule has 2 aliphatic carbocycles. The summed E-state index contributed by atoms with van der Waals surface area (Å²) < 4.78 is 13.0. The molecule has 26 heavy (non-hydrogen) atoms. The maximum Gasteiger partial charge on any atom is 0.230 e. The zero-order chi connectivity index (χ0) is 18.1. The Kier molecular flexibility index (Phi) is 5.93. The number of anilines is 1. The number of carbonyl (C=O) groups is 1. The van der Waals surface area contributed by atoms with Gasteiger partial charge in [0.05, 0.1) is 21.8 Å². The maximum atomic E-state index is 13.5. The third-order valence-corrected chi connectivity index (χ3v) is 8.11. The van der Waals surface area contributed by atoms with Crippen LogP contribution in [0.4, 0.5) is 5.69 Å². The van der Waals surface area contributed by atoms with E-state index in [0.717, 1.165) is 50.1 Å². The molecule has 0 N–H and O–H groups in total. The van der Waals surface area contributed by atoms with Crippen LogP contribution in [0, 0.1) is 14.7 Å². The molecule has 0 radical (unpaired) electrons. The Morgan fingerprint density at radius 2 is 1.81 bits per heavy atom. The predicted molar refractivity (Wildman–Crippen MR) is 113 cm³/mol. The molecule has 1 aromatic heterocycles. The maximum absolute atomic E-state index is 13.5. The third kappa shape index (κ3) is 3.98. The molecule has 4 rings (SSSR count). The molecule has 1 saturated heterocycles. The largest absolute Gasteiger partial charge is 0.348 e. The van der Waals surface area contributed by atoms with E-state index in [0.29, 0.717) is 19.1 Å². The SMILES string of the molecule is CC1CCC(C(=O)N(c2csc(I)c2)C2CCC3(CC2)OCCO3)CC1. The van der Waals surface area contributed by atoms with Gasteiger partial charge in [0, 0.05) is 30.2 Å².